The molecule has 1 heterocycles. The van der Waals surface area contributed by atoms with E-state index in [-0.39, 0.29) is 5.82 Å². The van der Waals surface area contributed by atoms with Crippen molar-refractivity contribution >= 4 is 5.69 Å². The number of hydrogen-bond acceptors (Lipinski definition) is 2. The fraction of sp³-hybridized carbons (Fsp3) is 0.200. The van der Waals surface area contributed by atoms with Gasteiger partial charge in [0.05, 0.1) is 5.69 Å². The Morgan fingerprint density at radius 3 is 2.28 bits per heavy atom. The highest BCUT2D eigenvalue weighted by Gasteiger charge is 2.22. The lowest BCUT2D eigenvalue weighted by Crippen LogP contribution is -2.19. The van der Waals surface area contributed by atoms with Gasteiger partial charge in [0.25, 0.3) is 0 Å². The number of fused-ring (bicyclic) bond motifs is 1. The molecule has 92 valence electrons. The molecule has 3 heteroatoms. The number of nitrogens with two attached hydrogens (primary N) is 1. The second kappa shape index (κ2) is 4.42. The Hall–Kier alpha value is -1.87. The molecular weight excluding hydrogens is 227 g/mol. The minimum Gasteiger partial charge on any atom is -0.360 e. The maximum Gasteiger partial charge on any atom is 0.146 e. The van der Waals surface area contributed by atoms with Gasteiger partial charge in [-0.05, 0) is 22.8 Å². The zero-order valence-corrected chi connectivity index (χ0v) is 10.1. The second-order valence-electron chi connectivity index (χ2n) is 4.58. The summed E-state index contributed by atoms with van der Waals surface area (Å²) >= 11 is 0. The Balaban J connectivity index is 2.00. The molecule has 0 atom stereocenters. The first-order valence-electron chi connectivity index (χ1n) is 6.09. The van der Waals surface area contributed by atoms with Crippen LogP contribution in [0.3, 0.4) is 0 Å². The van der Waals surface area contributed by atoms with Gasteiger partial charge < -0.3 is 10.6 Å². The van der Waals surface area contributed by atoms with E-state index in [1.54, 1.807) is 6.07 Å². The van der Waals surface area contributed by atoms with Gasteiger partial charge in [0.15, 0.2) is 0 Å². The lowest BCUT2D eigenvalue weighted by molar-refractivity contribution is 0.616. The average molecular weight is 242 g/mol. The summed E-state index contributed by atoms with van der Waals surface area (Å²) in [4.78, 5) is 2.06. The van der Waals surface area contributed by atoms with E-state index in [0.717, 1.165) is 18.7 Å². The largest absolute Gasteiger partial charge is 0.360 e. The summed E-state index contributed by atoms with van der Waals surface area (Å²) in [5.74, 6) is -0.189. The van der Waals surface area contributed by atoms with Gasteiger partial charge in [-0.3, -0.25) is 0 Å². The number of benzene rings is 2. The van der Waals surface area contributed by atoms with Crippen molar-refractivity contribution in [2.75, 3.05) is 4.90 Å². The first-order chi connectivity index (χ1) is 8.79. The summed E-state index contributed by atoms with van der Waals surface area (Å²) in [6.45, 7) is 1.87. The molecule has 2 aromatic carbocycles. The summed E-state index contributed by atoms with van der Waals surface area (Å²) in [6.07, 6.45) is 0. The molecule has 3 rings (SSSR count). The lowest BCUT2D eigenvalue weighted by atomic mass is 10.1. The van der Waals surface area contributed by atoms with Gasteiger partial charge in [-0.1, -0.05) is 36.4 Å². The maximum absolute atomic E-state index is 14.0. The van der Waals surface area contributed by atoms with Gasteiger partial charge in [0.1, 0.15) is 5.82 Å². The summed E-state index contributed by atoms with van der Waals surface area (Å²) in [6, 6.07) is 13.3. The summed E-state index contributed by atoms with van der Waals surface area (Å²) < 4.78 is 14.0. The molecular formula is C15H15FN2. The lowest BCUT2D eigenvalue weighted by Gasteiger charge is -2.21. The van der Waals surface area contributed by atoms with Crippen LogP contribution in [0.5, 0.6) is 0 Å². The van der Waals surface area contributed by atoms with Crippen LogP contribution in [0, 0.1) is 5.82 Å². The zero-order valence-electron chi connectivity index (χ0n) is 10.1. The zero-order chi connectivity index (χ0) is 12.5. The Labute approximate surface area is 106 Å². The van der Waals surface area contributed by atoms with Crippen molar-refractivity contribution in [2.24, 2.45) is 5.73 Å². The van der Waals surface area contributed by atoms with Crippen LogP contribution in [0.15, 0.2) is 42.5 Å². The van der Waals surface area contributed by atoms with Crippen LogP contribution < -0.4 is 10.6 Å². The molecule has 0 aromatic heterocycles. The molecule has 0 spiro atoms. The van der Waals surface area contributed by atoms with Crippen LogP contribution in [0.1, 0.15) is 16.7 Å². The predicted octanol–water partition coefficient (Wildman–Crippen LogP) is 2.80. The van der Waals surface area contributed by atoms with Crippen molar-refractivity contribution in [3.63, 3.8) is 0 Å². The van der Waals surface area contributed by atoms with E-state index in [0.29, 0.717) is 12.2 Å². The Morgan fingerprint density at radius 1 is 1.00 bits per heavy atom. The summed E-state index contributed by atoms with van der Waals surface area (Å²) in [7, 11) is 0. The quantitative estimate of drug-likeness (QED) is 0.877. The third-order valence-corrected chi connectivity index (χ3v) is 3.45. The average Bonchev–Trinajstić information content (AvgIpc) is 2.81. The standard InChI is InChI=1S/C15H15FN2/c16-14-7-3-6-11(8-17)15(14)18-9-12-4-1-2-5-13(12)10-18/h1-7H,8-10,17H2. The molecule has 0 aliphatic carbocycles. The molecule has 0 saturated carbocycles. The molecule has 2 nitrogen and oxygen atoms in total. The molecule has 0 amide bonds. The molecule has 1 aliphatic heterocycles. The molecule has 2 N–H and O–H groups in total. The highest BCUT2D eigenvalue weighted by Crippen LogP contribution is 2.32. The highest BCUT2D eigenvalue weighted by molar-refractivity contribution is 5.58. The van der Waals surface area contributed by atoms with E-state index in [1.165, 1.54) is 17.2 Å². The van der Waals surface area contributed by atoms with Crippen LogP contribution in [0.2, 0.25) is 0 Å². The van der Waals surface area contributed by atoms with E-state index >= 15 is 0 Å². The number of para-hydroxylation sites is 1. The van der Waals surface area contributed by atoms with Crippen molar-refractivity contribution in [1.29, 1.82) is 0 Å². The van der Waals surface area contributed by atoms with Crippen LogP contribution in [0.25, 0.3) is 0 Å². The predicted molar refractivity (Wildman–Crippen MR) is 70.6 cm³/mol. The maximum atomic E-state index is 14.0. The van der Waals surface area contributed by atoms with Crippen LogP contribution in [-0.2, 0) is 19.6 Å². The van der Waals surface area contributed by atoms with E-state index in [9.17, 15) is 4.39 Å². The minimum atomic E-state index is -0.189. The van der Waals surface area contributed by atoms with Crippen LogP contribution in [-0.4, -0.2) is 0 Å². The normalized spacial score (nSPS) is 13.8. The van der Waals surface area contributed by atoms with Crippen molar-refractivity contribution in [3.05, 3.63) is 65.0 Å². The van der Waals surface area contributed by atoms with Crippen LogP contribution >= 0.6 is 0 Å². The SMILES string of the molecule is NCc1cccc(F)c1N1Cc2ccccc2C1. The van der Waals surface area contributed by atoms with Crippen molar-refractivity contribution in [1.82, 2.24) is 0 Å². The number of hydrogen-bond donors (Lipinski definition) is 1. The number of nitrogens with zero attached hydrogens (tertiary/aromatic N) is 1. The first-order valence-corrected chi connectivity index (χ1v) is 6.09. The minimum absolute atomic E-state index is 0.189. The van der Waals surface area contributed by atoms with Crippen molar-refractivity contribution < 1.29 is 4.39 Å². The van der Waals surface area contributed by atoms with E-state index in [2.05, 4.69) is 17.0 Å². The van der Waals surface area contributed by atoms with E-state index in [4.69, 9.17) is 5.73 Å². The van der Waals surface area contributed by atoms with E-state index in [1.807, 2.05) is 18.2 Å². The topological polar surface area (TPSA) is 29.3 Å². The van der Waals surface area contributed by atoms with Gasteiger partial charge in [0, 0.05) is 19.6 Å². The monoisotopic (exact) mass is 242 g/mol. The van der Waals surface area contributed by atoms with Gasteiger partial charge in [0.2, 0.25) is 0 Å². The van der Waals surface area contributed by atoms with Gasteiger partial charge >= 0.3 is 0 Å². The summed E-state index contributed by atoms with van der Waals surface area (Å²) in [5.41, 5.74) is 9.75. The third kappa shape index (κ3) is 1.77. The number of anilines is 1. The fourth-order valence-electron chi connectivity index (χ4n) is 2.57. The molecule has 0 radical (unpaired) electrons. The van der Waals surface area contributed by atoms with Crippen LogP contribution in [0.4, 0.5) is 10.1 Å². The first kappa shape index (κ1) is 11.2. The number of halogens is 1. The Bertz CT molecular complexity index is 555. The molecule has 1 aliphatic rings. The van der Waals surface area contributed by atoms with Gasteiger partial charge in [-0.2, -0.15) is 0 Å². The van der Waals surface area contributed by atoms with Crippen molar-refractivity contribution in [2.45, 2.75) is 19.6 Å². The Morgan fingerprint density at radius 2 is 1.67 bits per heavy atom. The van der Waals surface area contributed by atoms with Gasteiger partial charge in [-0.15, -0.1) is 0 Å². The fourth-order valence-corrected chi connectivity index (χ4v) is 2.57. The van der Waals surface area contributed by atoms with Crippen molar-refractivity contribution in [3.8, 4) is 0 Å². The van der Waals surface area contributed by atoms with Gasteiger partial charge in [-0.25, -0.2) is 4.39 Å². The third-order valence-electron chi connectivity index (χ3n) is 3.45. The molecule has 0 bridgehead atoms. The molecule has 18 heavy (non-hydrogen) atoms. The highest BCUT2D eigenvalue weighted by atomic mass is 19.1. The van der Waals surface area contributed by atoms with E-state index < -0.39 is 0 Å². The smallest absolute Gasteiger partial charge is 0.146 e. The molecule has 0 unspecified atom stereocenters. The Kier molecular flexibility index (Phi) is 2.76. The molecule has 2 aromatic rings. The summed E-state index contributed by atoms with van der Waals surface area (Å²) in [5, 5.41) is 0. The molecule has 0 fully saturated rings. The second-order valence-corrected chi connectivity index (χ2v) is 4.58. The molecule has 0 saturated heterocycles. The number of rotatable bonds is 2.